The number of carbonyl (C=O) groups is 2. The van der Waals surface area contributed by atoms with Crippen molar-refractivity contribution in [1.82, 2.24) is 9.80 Å². The van der Waals surface area contributed by atoms with Gasteiger partial charge in [0.25, 0.3) is 5.91 Å². The van der Waals surface area contributed by atoms with E-state index in [4.69, 9.17) is 4.74 Å². The molecule has 0 aliphatic carbocycles. The van der Waals surface area contributed by atoms with Crippen molar-refractivity contribution in [1.29, 1.82) is 5.26 Å². The number of amides is 2. The molecule has 2 rings (SSSR count). The van der Waals surface area contributed by atoms with Crippen molar-refractivity contribution in [2.75, 3.05) is 31.5 Å². The van der Waals surface area contributed by atoms with Gasteiger partial charge in [0.05, 0.1) is 0 Å². The average Bonchev–Trinajstić information content (AvgIpc) is 2.65. The molecule has 1 saturated heterocycles. The fraction of sp³-hybridized carbons (Fsp3) is 0.500. The highest BCUT2D eigenvalue weighted by atomic mass is 16.6. The summed E-state index contributed by atoms with van der Waals surface area (Å²) in [6, 6.07) is 9.56. The Morgan fingerprint density at radius 3 is 2.21 bits per heavy atom. The van der Waals surface area contributed by atoms with Crippen LogP contribution >= 0.6 is 0 Å². The first-order chi connectivity index (χ1) is 13.6. The number of ether oxygens (including phenoxy) is 1. The number of nitrogens with zero attached hydrogens (tertiary/aromatic N) is 3. The molecule has 0 saturated carbocycles. The lowest BCUT2D eigenvalue weighted by Gasteiger charge is -2.35. The summed E-state index contributed by atoms with van der Waals surface area (Å²) in [6.45, 7) is 11.7. The minimum absolute atomic E-state index is 0.0312. The number of rotatable bonds is 4. The Morgan fingerprint density at radius 1 is 1.14 bits per heavy atom. The Labute approximate surface area is 172 Å². The van der Waals surface area contributed by atoms with E-state index in [1.807, 2.05) is 56.0 Å². The van der Waals surface area contributed by atoms with Crippen LogP contribution in [0.5, 0.6) is 0 Å². The van der Waals surface area contributed by atoms with Crippen LogP contribution < -0.4 is 5.32 Å². The van der Waals surface area contributed by atoms with Gasteiger partial charge in [0.2, 0.25) is 0 Å². The van der Waals surface area contributed by atoms with E-state index < -0.39 is 11.5 Å². The Morgan fingerprint density at radius 2 is 1.72 bits per heavy atom. The van der Waals surface area contributed by atoms with Gasteiger partial charge in [0.1, 0.15) is 17.2 Å². The lowest BCUT2D eigenvalue weighted by atomic mass is 10.0. The average molecular weight is 399 g/mol. The van der Waals surface area contributed by atoms with Crippen molar-refractivity contribution >= 4 is 17.7 Å². The number of anilines is 1. The van der Waals surface area contributed by atoms with Crippen molar-refractivity contribution < 1.29 is 14.3 Å². The molecule has 1 N–H and O–H groups in total. The Hall–Kier alpha value is -3.01. The molecule has 7 nitrogen and oxygen atoms in total. The first kappa shape index (κ1) is 22.3. The minimum Gasteiger partial charge on any atom is -0.444 e. The number of nitriles is 1. The van der Waals surface area contributed by atoms with Crippen LogP contribution in [0.2, 0.25) is 0 Å². The quantitative estimate of drug-likeness (QED) is 0.617. The predicted octanol–water partition coefficient (Wildman–Crippen LogP) is 3.71. The number of carbonyl (C=O) groups excluding carboxylic acids is 2. The lowest BCUT2D eigenvalue weighted by Crippen LogP contribution is -2.48. The minimum atomic E-state index is -0.534. The van der Waals surface area contributed by atoms with Gasteiger partial charge in [-0.25, -0.2) is 4.79 Å². The molecule has 0 bridgehead atoms. The van der Waals surface area contributed by atoms with Crippen LogP contribution in [0.15, 0.2) is 36.0 Å². The van der Waals surface area contributed by atoms with Crippen LogP contribution in [0.4, 0.5) is 10.5 Å². The van der Waals surface area contributed by atoms with E-state index in [0.717, 1.165) is 0 Å². The second kappa shape index (κ2) is 9.46. The van der Waals surface area contributed by atoms with Gasteiger partial charge in [-0.2, -0.15) is 5.26 Å². The largest absolute Gasteiger partial charge is 0.444 e. The Bertz CT molecular complexity index is 793. The van der Waals surface area contributed by atoms with Crippen LogP contribution in [-0.2, 0) is 9.53 Å². The Balaban J connectivity index is 1.93. The molecule has 0 radical (unpaired) electrons. The number of piperazine rings is 1. The smallest absolute Gasteiger partial charge is 0.410 e. The first-order valence-corrected chi connectivity index (χ1v) is 9.84. The summed E-state index contributed by atoms with van der Waals surface area (Å²) < 4.78 is 5.38. The maximum absolute atomic E-state index is 12.5. The number of benzene rings is 1. The predicted molar refractivity (Wildman–Crippen MR) is 112 cm³/mol. The summed E-state index contributed by atoms with van der Waals surface area (Å²) in [5.74, 6) is -0.0342. The van der Waals surface area contributed by atoms with Gasteiger partial charge in [-0.3, -0.25) is 4.79 Å². The fourth-order valence-corrected chi connectivity index (χ4v) is 2.83. The third-order valence-corrected chi connectivity index (χ3v) is 4.48. The summed E-state index contributed by atoms with van der Waals surface area (Å²) in [5, 5.41) is 12.2. The van der Waals surface area contributed by atoms with Gasteiger partial charge in [-0.15, -0.1) is 0 Å². The molecular formula is C22H30N4O3. The van der Waals surface area contributed by atoms with Crippen molar-refractivity contribution in [3.05, 3.63) is 41.6 Å². The molecule has 7 heteroatoms. The van der Waals surface area contributed by atoms with Crippen molar-refractivity contribution in [3.8, 4) is 6.07 Å². The van der Waals surface area contributed by atoms with Crippen LogP contribution in [0.1, 0.15) is 46.1 Å². The first-order valence-electron chi connectivity index (χ1n) is 9.84. The molecule has 0 aromatic heterocycles. The molecule has 156 valence electrons. The highest BCUT2D eigenvalue weighted by Crippen LogP contribution is 2.18. The second-order valence-electron chi connectivity index (χ2n) is 8.39. The number of hydrogen-bond donors (Lipinski definition) is 1. The van der Waals surface area contributed by atoms with E-state index in [1.165, 1.54) is 5.56 Å². The molecule has 1 fully saturated rings. The standard InChI is InChI=1S/C22H30N4O3/c1-16(2)17-6-8-19(9-7-17)24-20(27)18(14-23)15-25-10-12-26(13-11-25)21(28)29-22(3,4)5/h6-9,15-16H,10-13H2,1-5H3,(H,24,27)/b18-15-. The molecule has 1 aromatic carbocycles. The maximum Gasteiger partial charge on any atom is 0.410 e. The maximum atomic E-state index is 12.5. The van der Waals surface area contributed by atoms with E-state index in [9.17, 15) is 14.9 Å². The topological polar surface area (TPSA) is 85.7 Å². The van der Waals surface area contributed by atoms with E-state index in [-0.39, 0.29) is 11.7 Å². The van der Waals surface area contributed by atoms with Crippen molar-refractivity contribution in [3.63, 3.8) is 0 Å². The summed E-state index contributed by atoms with van der Waals surface area (Å²) in [7, 11) is 0. The molecule has 0 spiro atoms. The van der Waals surface area contributed by atoms with Crippen LogP contribution in [0.25, 0.3) is 0 Å². The molecule has 1 aliphatic heterocycles. The summed E-state index contributed by atoms with van der Waals surface area (Å²) in [4.78, 5) is 28.1. The van der Waals surface area contributed by atoms with Gasteiger partial charge in [-0.1, -0.05) is 26.0 Å². The Kier molecular flexibility index (Phi) is 7.27. The van der Waals surface area contributed by atoms with E-state index >= 15 is 0 Å². The normalized spacial score (nSPS) is 15.1. The monoisotopic (exact) mass is 398 g/mol. The molecule has 29 heavy (non-hydrogen) atoms. The van der Waals surface area contributed by atoms with Crippen LogP contribution in [0, 0.1) is 11.3 Å². The molecule has 2 amide bonds. The fourth-order valence-electron chi connectivity index (χ4n) is 2.83. The van der Waals surface area contributed by atoms with Gasteiger partial charge in [-0.05, 0) is 44.4 Å². The van der Waals surface area contributed by atoms with Crippen molar-refractivity contribution in [2.45, 2.75) is 46.1 Å². The zero-order valence-electron chi connectivity index (χ0n) is 17.9. The molecule has 0 unspecified atom stereocenters. The van der Waals surface area contributed by atoms with Gasteiger partial charge < -0.3 is 19.9 Å². The highest BCUT2D eigenvalue weighted by molar-refractivity contribution is 6.06. The highest BCUT2D eigenvalue weighted by Gasteiger charge is 2.25. The molecule has 1 heterocycles. The summed E-state index contributed by atoms with van der Waals surface area (Å²) in [6.07, 6.45) is 1.22. The van der Waals surface area contributed by atoms with E-state index in [2.05, 4.69) is 19.2 Å². The molecular weight excluding hydrogens is 368 g/mol. The van der Waals surface area contributed by atoms with Crippen molar-refractivity contribution in [2.24, 2.45) is 0 Å². The third-order valence-electron chi connectivity index (χ3n) is 4.48. The van der Waals surface area contributed by atoms with Crippen LogP contribution in [0.3, 0.4) is 0 Å². The lowest BCUT2D eigenvalue weighted by molar-refractivity contribution is -0.112. The third kappa shape index (κ3) is 6.83. The molecule has 1 aliphatic rings. The van der Waals surface area contributed by atoms with Gasteiger partial charge in [0.15, 0.2) is 0 Å². The second-order valence-corrected chi connectivity index (χ2v) is 8.39. The zero-order chi connectivity index (χ0) is 21.6. The van der Waals surface area contributed by atoms with E-state index in [1.54, 1.807) is 11.1 Å². The summed E-state index contributed by atoms with van der Waals surface area (Å²) in [5.41, 5.74) is 1.33. The zero-order valence-corrected chi connectivity index (χ0v) is 17.9. The van der Waals surface area contributed by atoms with E-state index in [0.29, 0.717) is 37.8 Å². The van der Waals surface area contributed by atoms with Gasteiger partial charge in [0, 0.05) is 38.1 Å². The number of hydrogen-bond acceptors (Lipinski definition) is 5. The molecule has 0 atom stereocenters. The summed E-state index contributed by atoms with van der Waals surface area (Å²) >= 11 is 0. The number of nitrogens with one attached hydrogen (secondary N) is 1. The van der Waals surface area contributed by atoms with Gasteiger partial charge >= 0.3 is 6.09 Å². The van der Waals surface area contributed by atoms with Crippen LogP contribution in [-0.4, -0.2) is 53.6 Å². The SMILES string of the molecule is CC(C)c1ccc(NC(=O)/C(C#N)=C\N2CCN(C(=O)OC(C)(C)C)CC2)cc1. The molecule has 1 aromatic rings.